The third kappa shape index (κ3) is 4.45. The van der Waals surface area contributed by atoms with Crippen molar-refractivity contribution in [2.24, 2.45) is 0 Å². The van der Waals surface area contributed by atoms with Gasteiger partial charge in [0.2, 0.25) is 0 Å². The number of phenols is 1. The van der Waals surface area contributed by atoms with Gasteiger partial charge in [0.05, 0.1) is 12.7 Å². The molecule has 0 bridgehead atoms. The highest BCUT2D eigenvalue weighted by atomic mass is 16.6. The highest BCUT2D eigenvalue weighted by molar-refractivity contribution is 5.75. The maximum absolute atomic E-state index is 12.2. The van der Waals surface area contributed by atoms with Crippen LogP contribution in [0.4, 0.5) is 0 Å². The molecule has 1 fully saturated rings. The van der Waals surface area contributed by atoms with Gasteiger partial charge < -0.3 is 14.6 Å². The number of aromatic hydroxyl groups is 1. The highest BCUT2D eigenvalue weighted by Gasteiger charge is 2.31. The Bertz CT molecular complexity index is 506. The van der Waals surface area contributed by atoms with E-state index in [4.69, 9.17) is 9.47 Å². The highest BCUT2D eigenvalue weighted by Crippen LogP contribution is 2.25. The number of carbonyl (C=O) groups is 1. The summed E-state index contributed by atoms with van der Waals surface area (Å²) in [5.41, 5.74) is 0.521. The van der Waals surface area contributed by atoms with Gasteiger partial charge in [-0.25, -0.2) is 0 Å². The van der Waals surface area contributed by atoms with Crippen LogP contribution in [0.5, 0.6) is 5.75 Å². The summed E-state index contributed by atoms with van der Waals surface area (Å²) in [6.45, 7) is 9.38. The molecule has 0 saturated carbocycles. The van der Waals surface area contributed by atoms with E-state index in [1.165, 1.54) is 0 Å². The minimum atomic E-state index is -0.478. The fraction of sp³-hybridized carbons (Fsp3) is 0.588. The van der Waals surface area contributed by atoms with Crippen molar-refractivity contribution in [2.45, 2.75) is 45.4 Å². The van der Waals surface area contributed by atoms with E-state index in [1.54, 1.807) is 12.1 Å². The van der Waals surface area contributed by atoms with Gasteiger partial charge in [-0.2, -0.15) is 0 Å². The number of ether oxygens (including phenoxy) is 2. The molecule has 122 valence electrons. The molecule has 0 radical (unpaired) electrons. The van der Waals surface area contributed by atoms with Crippen LogP contribution in [0.15, 0.2) is 24.3 Å². The number of hydrogen-bond acceptors (Lipinski definition) is 5. The van der Waals surface area contributed by atoms with Gasteiger partial charge in [0.1, 0.15) is 17.4 Å². The second-order valence-electron chi connectivity index (χ2n) is 6.66. The quantitative estimate of drug-likeness (QED) is 0.870. The fourth-order valence-corrected chi connectivity index (χ4v) is 2.45. The van der Waals surface area contributed by atoms with Crippen LogP contribution in [0.25, 0.3) is 0 Å². The Morgan fingerprint density at radius 3 is 2.59 bits per heavy atom. The van der Waals surface area contributed by atoms with Gasteiger partial charge in [0.25, 0.3) is 0 Å². The van der Waals surface area contributed by atoms with Crippen molar-refractivity contribution in [1.29, 1.82) is 0 Å². The number of rotatable bonds is 3. The van der Waals surface area contributed by atoms with Crippen LogP contribution in [0.3, 0.4) is 0 Å². The molecule has 1 aliphatic heterocycles. The molecule has 2 atom stereocenters. The van der Waals surface area contributed by atoms with E-state index in [0.29, 0.717) is 19.7 Å². The van der Waals surface area contributed by atoms with Crippen molar-refractivity contribution < 1.29 is 19.4 Å². The van der Waals surface area contributed by atoms with Crippen LogP contribution in [0.1, 0.15) is 39.4 Å². The molecular formula is C17H25NO4. The molecule has 5 nitrogen and oxygen atoms in total. The van der Waals surface area contributed by atoms with Crippen LogP contribution in [0, 0.1) is 0 Å². The summed E-state index contributed by atoms with van der Waals surface area (Å²) in [5, 5.41) is 9.36. The lowest BCUT2D eigenvalue weighted by Gasteiger charge is -2.36. The zero-order chi connectivity index (χ0) is 16.3. The molecule has 0 spiro atoms. The van der Waals surface area contributed by atoms with Gasteiger partial charge in [-0.1, -0.05) is 12.1 Å². The third-order valence-corrected chi connectivity index (χ3v) is 3.66. The number of benzene rings is 1. The molecule has 1 aromatic carbocycles. The van der Waals surface area contributed by atoms with Crippen molar-refractivity contribution in [3.05, 3.63) is 29.8 Å². The van der Waals surface area contributed by atoms with Crippen LogP contribution in [-0.2, 0) is 14.3 Å². The molecule has 0 amide bonds. The standard InChI is InChI=1S/C17H25NO4/c1-12(16(20)22-17(2,3)4)18-9-10-21-15(11-18)13-5-7-14(19)8-6-13/h5-8,12,15,19H,9-11H2,1-4H3. The van der Waals surface area contributed by atoms with E-state index in [1.807, 2.05) is 39.8 Å². The van der Waals surface area contributed by atoms with Crippen LogP contribution in [0.2, 0.25) is 0 Å². The van der Waals surface area contributed by atoms with Gasteiger partial charge in [-0.05, 0) is 45.4 Å². The Labute approximate surface area is 131 Å². The van der Waals surface area contributed by atoms with Gasteiger partial charge >= 0.3 is 5.97 Å². The molecule has 2 unspecified atom stereocenters. The second kappa shape index (κ2) is 6.67. The second-order valence-corrected chi connectivity index (χ2v) is 6.66. The first kappa shape index (κ1) is 16.8. The maximum Gasteiger partial charge on any atom is 0.323 e. The van der Waals surface area contributed by atoms with Crippen LogP contribution < -0.4 is 0 Å². The molecule has 1 saturated heterocycles. The number of carbonyl (C=O) groups excluding carboxylic acids is 1. The summed E-state index contributed by atoms with van der Waals surface area (Å²) >= 11 is 0. The predicted octanol–water partition coefficient (Wildman–Crippen LogP) is 2.50. The van der Waals surface area contributed by atoms with Crippen molar-refractivity contribution in [3.63, 3.8) is 0 Å². The minimum absolute atomic E-state index is 0.0979. The van der Waals surface area contributed by atoms with E-state index in [9.17, 15) is 9.90 Å². The normalized spacial score (nSPS) is 21.4. The monoisotopic (exact) mass is 307 g/mol. The molecule has 22 heavy (non-hydrogen) atoms. The molecule has 1 aromatic rings. The summed E-state index contributed by atoms with van der Waals surface area (Å²) in [6.07, 6.45) is -0.0979. The van der Waals surface area contributed by atoms with E-state index in [-0.39, 0.29) is 23.9 Å². The van der Waals surface area contributed by atoms with Crippen LogP contribution in [-0.4, -0.2) is 47.3 Å². The first-order valence-corrected chi connectivity index (χ1v) is 7.64. The van der Waals surface area contributed by atoms with E-state index in [2.05, 4.69) is 4.90 Å². The Morgan fingerprint density at radius 2 is 2.00 bits per heavy atom. The topological polar surface area (TPSA) is 59.0 Å². The van der Waals surface area contributed by atoms with Crippen molar-refractivity contribution >= 4 is 5.97 Å². The number of hydrogen-bond donors (Lipinski definition) is 1. The maximum atomic E-state index is 12.2. The minimum Gasteiger partial charge on any atom is -0.508 e. The van der Waals surface area contributed by atoms with Gasteiger partial charge in [-0.3, -0.25) is 9.69 Å². The summed E-state index contributed by atoms with van der Waals surface area (Å²) < 4.78 is 11.2. The molecule has 5 heteroatoms. The zero-order valence-electron chi connectivity index (χ0n) is 13.7. The Hall–Kier alpha value is -1.59. The van der Waals surface area contributed by atoms with Gasteiger partial charge in [-0.15, -0.1) is 0 Å². The average molecular weight is 307 g/mol. The lowest BCUT2D eigenvalue weighted by Crippen LogP contribution is -2.48. The first-order chi connectivity index (χ1) is 10.3. The van der Waals surface area contributed by atoms with Crippen molar-refractivity contribution in [2.75, 3.05) is 19.7 Å². The number of phenolic OH excluding ortho intramolecular Hbond substituents is 1. The summed E-state index contributed by atoms with van der Waals surface area (Å²) in [6, 6.07) is 6.69. The van der Waals surface area contributed by atoms with Gasteiger partial charge in [0, 0.05) is 13.1 Å². The SMILES string of the molecule is CC(C(=O)OC(C)(C)C)N1CCOC(c2ccc(O)cc2)C1. The van der Waals surface area contributed by atoms with E-state index < -0.39 is 5.60 Å². The first-order valence-electron chi connectivity index (χ1n) is 7.64. The molecular weight excluding hydrogens is 282 g/mol. The molecule has 1 N–H and O–H groups in total. The molecule has 0 aliphatic carbocycles. The smallest absolute Gasteiger partial charge is 0.323 e. The van der Waals surface area contributed by atoms with Crippen molar-refractivity contribution in [1.82, 2.24) is 4.90 Å². The average Bonchev–Trinajstić information content (AvgIpc) is 2.45. The number of morpholine rings is 1. The Kier molecular flexibility index (Phi) is 5.08. The molecule has 2 rings (SSSR count). The predicted molar refractivity (Wildman–Crippen MR) is 83.7 cm³/mol. The summed E-state index contributed by atoms with van der Waals surface area (Å²) in [7, 11) is 0. The lowest BCUT2D eigenvalue weighted by atomic mass is 10.1. The van der Waals surface area contributed by atoms with Gasteiger partial charge in [0.15, 0.2) is 0 Å². The molecule has 1 heterocycles. The third-order valence-electron chi connectivity index (χ3n) is 3.66. The molecule has 1 aliphatic rings. The number of nitrogens with zero attached hydrogens (tertiary/aromatic N) is 1. The summed E-state index contributed by atoms with van der Waals surface area (Å²) in [4.78, 5) is 14.3. The lowest BCUT2D eigenvalue weighted by molar-refractivity contribution is -0.163. The van der Waals surface area contributed by atoms with E-state index in [0.717, 1.165) is 5.56 Å². The molecule has 0 aromatic heterocycles. The Balaban J connectivity index is 2.00. The van der Waals surface area contributed by atoms with Crippen molar-refractivity contribution in [3.8, 4) is 5.75 Å². The zero-order valence-corrected chi connectivity index (χ0v) is 13.7. The van der Waals surface area contributed by atoms with Crippen LogP contribution >= 0.6 is 0 Å². The Morgan fingerprint density at radius 1 is 1.36 bits per heavy atom. The number of esters is 1. The van der Waals surface area contributed by atoms with E-state index >= 15 is 0 Å². The largest absolute Gasteiger partial charge is 0.508 e. The summed E-state index contributed by atoms with van der Waals surface area (Å²) in [5.74, 6) is 0.0254. The fourth-order valence-electron chi connectivity index (χ4n) is 2.45.